The summed E-state index contributed by atoms with van der Waals surface area (Å²) in [5.41, 5.74) is 1.04. The van der Waals surface area contributed by atoms with Crippen LogP contribution < -0.4 is 0 Å². The highest BCUT2D eigenvalue weighted by molar-refractivity contribution is 7.98. The summed E-state index contributed by atoms with van der Waals surface area (Å²) in [6, 6.07) is 19.8. The van der Waals surface area contributed by atoms with Crippen LogP contribution in [0.15, 0.2) is 65.7 Å². The SMILES string of the molecule is CSCCC(Cc1ccccc1)(N=CC(C)(C)C)C(=O)c1ccccc1. The van der Waals surface area contributed by atoms with E-state index in [-0.39, 0.29) is 11.2 Å². The molecule has 2 aromatic rings. The fraction of sp³-hybridized carbons (Fsp3) is 0.391. The Kier molecular flexibility index (Phi) is 7.22. The number of carbonyl (C=O) groups excluding carboxylic acids is 1. The topological polar surface area (TPSA) is 29.4 Å². The fourth-order valence-electron chi connectivity index (χ4n) is 2.83. The zero-order valence-corrected chi connectivity index (χ0v) is 17.1. The lowest BCUT2D eigenvalue weighted by Gasteiger charge is -2.30. The van der Waals surface area contributed by atoms with Gasteiger partial charge in [0.25, 0.3) is 0 Å². The van der Waals surface area contributed by atoms with Crippen molar-refractivity contribution in [1.29, 1.82) is 0 Å². The molecule has 3 heteroatoms. The number of benzene rings is 2. The van der Waals surface area contributed by atoms with E-state index in [1.165, 1.54) is 0 Å². The van der Waals surface area contributed by atoms with Crippen molar-refractivity contribution in [3.63, 3.8) is 0 Å². The standard InChI is InChI=1S/C23H29NOS/c1-22(2,3)18-24-23(15-16-26-4,17-19-11-7-5-8-12-19)21(25)20-13-9-6-10-14-20/h5-14,18H,15-17H2,1-4H3. The molecule has 138 valence electrons. The maximum absolute atomic E-state index is 13.6. The molecule has 2 rings (SSSR count). The molecule has 0 fully saturated rings. The first kappa shape index (κ1) is 20.4. The van der Waals surface area contributed by atoms with Crippen molar-refractivity contribution in [2.24, 2.45) is 10.4 Å². The third-order valence-electron chi connectivity index (χ3n) is 4.22. The van der Waals surface area contributed by atoms with Crippen LogP contribution in [0, 0.1) is 5.41 Å². The summed E-state index contributed by atoms with van der Waals surface area (Å²) in [6.07, 6.45) is 5.38. The molecule has 1 unspecified atom stereocenters. The Hall–Kier alpha value is -1.87. The van der Waals surface area contributed by atoms with E-state index in [0.717, 1.165) is 23.3 Å². The van der Waals surface area contributed by atoms with E-state index in [1.54, 1.807) is 11.8 Å². The number of aliphatic imine (C=N–C) groups is 1. The summed E-state index contributed by atoms with van der Waals surface area (Å²) in [5.74, 6) is 1.00. The van der Waals surface area contributed by atoms with Crippen LogP contribution in [0.1, 0.15) is 43.1 Å². The van der Waals surface area contributed by atoms with Gasteiger partial charge in [-0.15, -0.1) is 0 Å². The normalized spacial score (nSPS) is 14.3. The van der Waals surface area contributed by atoms with Gasteiger partial charge < -0.3 is 0 Å². The lowest BCUT2D eigenvalue weighted by molar-refractivity contribution is 0.0886. The minimum absolute atomic E-state index is 0.0712. The number of Topliss-reactive ketones (excluding diaryl/α,β-unsaturated/α-hetero) is 1. The van der Waals surface area contributed by atoms with Gasteiger partial charge in [-0.25, -0.2) is 0 Å². The summed E-state index contributed by atoms with van der Waals surface area (Å²) in [4.78, 5) is 18.5. The summed E-state index contributed by atoms with van der Waals surface area (Å²) >= 11 is 1.76. The second-order valence-corrected chi connectivity index (χ2v) is 8.74. The van der Waals surface area contributed by atoms with E-state index in [2.05, 4.69) is 39.2 Å². The summed E-state index contributed by atoms with van der Waals surface area (Å²) < 4.78 is 0. The molecule has 0 aliphatic rings. The van der Waals surface area contributed by atoms with Crippen LogP contribution in [0.4, 0.5) is 0 Å². The number of hydrogen-bond acceptors (Lipinski definition) is 3. The molecular weight excluding hydrogens is 338 g/mol. The quantitative estimate of drug-likeness (QED) is 0.441. The van der Waals surface area contributed by atoms with Gasteiger partial charge in [0.15, 0.2) is 5.78 Å². The van der Waals surface area contributed by atoms with Crippen LogP contribution in [0.25, 0.3) is 0 Å². The van der Waals surface area contributed by atoms with Crippen LogP contribution in [-0.4, -0.2) is 29.5 Å². The zero-order valence-electron chi connectivity index (χ0n) is 16.2. The van der Waals surface area contributed by atoms with Gasteiger partial charge in [0, 0.05) is 18.2 Å². The minimum atomic E-state index is -0.765. The van der Waals surface area contributed by atoms with E-state index in [1.807, 2.05) is 54.7 Å². The summed E-state index contributed by atoms with van der Waals surface area (Å²) in [6.45, 7) is 6.35. The van der Waals surface area contributed by atoms with Crippen LogP contribution in [0.5, 0.6) is 0 Å². The number of ketones is 1. The highest BCUT2D eigenvalue weighted by Crippen LogP contribution is 2.29. The van der Waals surface area contributed by atoms with Crippen molar-refractivity contribution in [2.45, 2.75) is 39.2 Å². The number of carbonyl (C=O) groups is 1. The van der Waals surface area contributed by atoms with Gasteiger partial charge in [-0.2, -0.15) is 11.8 Å². The van der Waals surface area contributed by atoms with Gasteiger partial charge in [0.05, 0.1) is 0 Å². The first-order chi connectivity index (χ1) is 12.4. The average molecular weight is 368 g/mol. The average Bonchev–Trinajstić information content (AvgIpc) is 2.64. The van der Waals surface area contributed by atoms with Crippen molar-refractivity contribution in [3.8, 4) is 0 Å². The van der Waals surface area contributed by atoms with Crippen LogP contribution in [-0.2, 0) is 6.42 Å². The zero-order chi connectivity index (χ0) is 19.0. The molecule has 0 heterocycles. The first-order valence-electron chi connectivity index (χ1n) is 9.05. The van der Waals surface area contributed by atoms with Gasteiger partial charge in [-0.1, -0.05) is 81.4 Å². The Bertz CT molecular complexity index is 719. The second kappa shape index (κ2) is 9.18. The van der Waals surface area contributed by atoms with Crippen LogP contribution >= 0.6 is 11.8 Å². The molecular formula is C23H29NOS. The molecule has 2 aromatic carbocycles. The van der Waals surface area contributed by atoms with Gasteiger partial charge in [0.1, 0.15) is 5.54 Å². The smallest absolute Gasteiger partial charge is 0.190 e. The molecule has 0 saturated heterocycles. The predicted octanol–water partition coefficient (Wildman–Crippen LogP) is 5.72. The van der Waals surface area contributed by atoms with Crippen molar-refractivity contribution in [2.75, 3.05) is 12.0 Å². The molecule has 0 saturated carbocycles. The first-order valence-corrected chi connectivity index (χ1v) is 10.4. The molecule has 0 aromatic heterocycles. The van der Waals surface area contributed by atoms with Gasteiger partial charge >= 0.3 is 0 Å². The maximum Gasteiger partial charge on any atom is 0.190 e. The van der Waals surface area contributed by atoms with E-state index in [9.17, 15) is 4.79 Å². The summed E-state index contributed by atoms with van der Waals surface area (Å²) in [7, 11) is 0. The molecule has 0 N–H and O–H groups in total. The highest BCUT2D eigenvalue weighted by Gasteiger charge is 2.38. The van der Waals surface area contributed by atoms with Gasteiger partial charge in [-0.05, 0) is 29.4 Å². The number of hydrogen-bond donors (Lipinski definition) is 0. The van der Waals surface area contributed by atoms with Crippen molar-refractivity contribution in [3.05, 3.63) is 71.8 Å². The Morgan fingerprint density at radius 3 is 2.12 bits per heavy atom. The number of rotatable bonds is 8. The van der Waals surface area contributed by atoms with Crippen molar-refractivity contribution >= 4 is 23.8 Å². The molecule has 0 radical (unpaired) electrons. The maximum atomic E-state index is 13.6. The van der Waals surface area contributed by atoms with Crippen LogP contribution in [0.2, 0.25) is 0 Å². The van der Waals surface area contributed by atoms with Gasteiger partial charge in [0.2, 0.25) is 0 Å². The number of nitrogens with zero attached hydrogens (tertiary/aromatic N) is 1. The van der Waals surface area contributed by atoms with Gasteiger partial charge in [-0.3, -0.25) is 9.79 Å². The second-order valence-electron chi connectivity index (χ2n) is 7.76. The Balaban J connectivity index is 2.50. The lowest BCUT2D eigenvalue weighted by Crippen LogP contribution is -2.41. The minimum Gasteiger partial charge on any atom is -0.291 e. The summed E-state index contributed by atoms with van der Waals surface area (Å²) in [5, 5.41) is 0. The lowest BCUT2D eigenvalue weighted by atomic mass is 9.81. The molecule has 0 aliphatic carbocycles. The third kappa shape index (κ3) is 5.84. The van der Waals surface area contributed by atoms with E-state index < -0.39 is 5.54 Å². The number of thioether (sulfide) groups is 1. The van der Waals surface area contributed by atoms with E-state index in [0.29, 0.717) is 6.42 Å². The highest BCUT2D eigenvalue weighted by atomic mass is 32.2. The fourth-order valence-corrected chi connectivity index (χ4v) is 3.37. The monoisotopic (exact) mass is 367 g/mol. The van der Waals surface area contributed by atoms with E-state index in [4.69, 9.17) is 4.99 Å². The molecule has 0 spiro atoms. The Morgan fingerprint density at radius 2 is 1.58 bits per heavy atom. The Labute approximate surface area is 162 Å². The van der Waals surface area contributed by atoms with Crippen molar-refractivity contribution < 1.29 is 4.79 Å². The van der Waals surface area contributed by atoms with Crippen molar-refractivity contribution in [1.82, 2.24) is 0 Å². The molecule has 2 nitrogen and oxygen atoms in total. The largest absolute Gasteiger partial charge is 0.291 e. The van der Waals surface area contributed by atoms with Crippen LogP contribution in [0.3, 0.4) is 0 Å². The molecule has 0 aliphatic heterocycles. The molecule has 26 heavy (non-hydrogen) atoms. The molecule has 1 atom stereocenters. The van der Waals surface area contributed by atoms with E-state index >= 15 is 0 Å². The molecule has 0 bridgehead atoms. The Morgan fingerprint density at radius 1 is 1.00 bits per heavy atom. The third-order valence-corrected chi connectivity index (χ3v) is 4.83. The molecule has 0 amide bonds. The predicted molar refractivity (Wildman–Crippen MR) is 115 cm³/mol.